The number of carbonyl (C=O) groups excluding carboxylic acids is 1. The lowest BCUT2D eigenvalue weighted by Gasteiger charge is -2.19. The lowest BCUT2D eigenvalue weighted by molar-refractivity contribution is -0.125. The first kappa shape index (κ1) is 19.1. The highest BCUT2D eigenvalue weighted by molar-refractivity contribution is 5.87. The molecule has 0 rings (SSSR count). The molecular formula is C17H26N2O2. The summed E-state index contributed by atoms with van der Waals surface area (Å²) in [5.41, 5.74) is 0. The van der Waals surface area contributed by atoms with Crippen molar-refractivity contribution in [1.82, 2.24) is 9.80 Å². The molecule has 0 fully saturated rings. The number of nitrogens with zero attached hydrogens (tertiary/aromatic N) is 2. The molecular weight excluding hydrogens is 264 g/mol. The molecule has 4 nitrogen and oxygen atoms in total. The maximum absolute atomic E-state index is 11.6. The van der Waals surface area contributed by atoms with Crippen LogP contribution in [-0.2, 0) is 9.53 Å². The summed E-state index contributed by atoms with van der Waals surface area (Å²) in [6.07, 6.45) is 10.5. The van der Waals surface area contributed by atoms with E-state index in [4.69, 9.17) is 4.74 Å². The van der Waals surface area contributed by atoms with Gasteiger partial charge >= 0.3 is 0 Å². The zero-order valence-electron chi connectivity index (χ0n) is 12.7. The Morgan fingerprint density at radius 3 is 2.14 bits per heavy atom. The number of ether oxygens (including phenoxy) is 1. The van der Waals surface area contributed by atoms with Gasteiger partial charge in [-0.1, -0.05) is 37.0 Å². The highest BCUT2D eigenvalue weighted by atomic mass is 16.5. The van der Waals surface area contributed by atoms with Gasteiger partial charge in [-0.05, 0) is 6.08 Å². The summed E-state index contributed by atoms with van der Waals surface area (Å²) in [6, 6.07) is 0. The van der Waals surface area contributed by atoms with Gasteiger partial charge in [0.2, 0.25) is 5.91 Å². The summed E-state index contributed by atoms with van der Waals surface area (Å²) >= 11 is 0. The van der Waals surface area contributed by atoms with Gasteiger partial charge in [0.05, 0.1) is 13.3 Å². The van der Waals surface area contributed by atoms with E-state index in [9.17, 15) is 4.79 Å². The minimum absolute atomic E-state index is 0.100. The van der Waals surface area contributed by atoms with Crippen LogP contribution in [0.15, 0.2) is 62.8 Å². The van der Waals surface area contributed by atoms with Crippen molar-refractivity contribution >= 4 is 5.91 Å². The van der Waals surface area contributed by atoms with Crippen LogP contribution in [0.5, 0.6) is 0 Å². The zero-order valence-corrected chi connectivity index (χ0v) is 12.7. The van der Waals surface area contributed by atoms with Crippen molar-refractivity contribution in [3.8, 4) is 0 Å². The smallest absolute Gasteiger partial charge is 0.246 e. The molecule has 21 heavy (non-hydrogen) atoms. The van der Waals surface area contributed by atoms with Crippen LogP contribution in [0.1, 0.15) is 0 Å². The molecule has 0 spiro atoms. The van der Waals surface area contributed by atoms with E-state index in [0.29, 0.717) is 26.4 Å². The molecule has 0 aromatic heterocycles. The predicted octanol–water partition coefficient (Wildman–Crippen LogP) is 2.39. The summed E-state index contributed by atoms with van der Waals surface area (Å²) in [5, 5.41) is 0. The summed E-state index contributed by atoms with van der Waals surface area (Å²) in [7, 11) is 0. The van der Waals surface area contributed by atoms with Gasteiger partial charge in [0.15, 0.2) is 0 Å². The number of rotatable bonds is 13. The zero-order chi connectivity index (χ0) is 15.9. The quantitative estimate of drug-likeness (QED) is 0.226. The molecule has 0 heterocycles. The monoisotopic (exact) mass is 290 g/mol. The Balaban J connectivity index is 4.25. The lowest BCUT2D eigenvalue weighted by atomic mass is 10.3. The van der Waals surface area contributed by atoms with Crippen LogP contribution < -0.4 is 0 Å². The molecule has 0 unspecified atom stereocenters. The van der Waals surface area contributed by atoms with Crippen LogP contribution in [0, 0.1) is 0 Å². The highest BCUT2D eigenvalue weighted by Crippen LogP contribution is 1.95. The van der Waals surface area contributed by atoms with Gasteiger partial charge in [0, 0.05) is 26.2 Å². The minimum atomic E-state index is -0.100. The molecule has 0 aliphatic rings. The standard InChI is InChI=1S/C17H26N2O2/c1-5-11-18(16-21-15-7-3)13-9-10-14-19(12-6-2)17(20)8-4/h5-10H,1-4,11-16H2/b10-9+. The first-order chi connectivity index (χ1) is 10.2. The Kier molecular flexibility index (Phi) is 11.9. The maximum Gasteiger partial charge on any atom is 0.246 e. The Hall–Kier alpha value is -1.91. The van der Waals surface area contributed by atoms with Crippen LogP contribution in [-0.4, -0.2) is 55.2 Å². The molecule has 0 N–H and O–H groups in total. The van der Waals surface area contributed by atoms with Crippen molar-refractivity contribution < 1.29 is 9.53 Å². The van der Waals surface area contributed by atoms with Crippen molar-refractivity contribution in [1.29, 1.82) is 0 Å². The van der Waals surface area contributed by atoms with Gasteiger partial charge in [-0.3, -0.25) is 9.69 Å². The Labute approximate surface area is 128 Å². The number of hydrogen-bond donors (Lipinski definition) is 0. The molecule has 0 saturated carbocycles. The molecule has 0 aromatic carbocycles. The fourth-order valence-electron chi connectivity index (χ4n) is 1.59. The first-order valence-electron chi connectivity index (χ1n) is 6.88. The molecule has 0 bridgehead atoms. The molecule has 0 atom stereocenters. The van der Waals surface area contributed by atoms with Crippen LogP contribution in [0.4, 0.5) is 0 Å². The van der Waals surface area contributed by atoms with E-state index in [1.807, 2.05) is 18.2 Å². The normalized spacial score (nSPS) is 10.5. The molecule has 0 aliphatic carbocycles. The van der Waals surface area contributed by atoms with Gasteiger partial charge < -0.3 is 9.64 Å². The van der Waals surface area contributed by atoms with Crippen LogP contribution in [0.3, 0.4) is 0 Å². The van der Waals surface area contributed by atoms with Crippen molar-refractivity contribution in [3.05, 3.63) is 62.8 Å². The number of hydrogen-bond acceptors (Lipinski definition) is 3. The van der Waals surface area contributed by atoms with E-state index in [1.165, 1.54) is 6.08 Å². The van der Waals surface area contributed by atoms with Gasteiger partial charge in [0.25, 0.3) is 0 Å². The Morgan fingerprint density at radius 1 is 0.905 bits per heavy atom. The first-order valence-corrected chi connectivity index (χ1v) is 6.88. The fraction of sp³-hybridized carbons (Fsp3) is 0.353. The molecule has 0 radical (unpaired) electrons. The summed E-state index contributed by atoms with van der Waals surface area (Å²) < 4.78 is 5.40. The van der Waals surface area contributed by atoms with Gasteiger partial charge in [-0.15, -0.1) is 19.7 Å². The topological polar surface area (TPSA) is 32.8 Å². The van der Waals surface area contributed by atoms with E-state index in [0.717, 1.165) is 13.1 Å². The van der Waals surface area contributed by atoms with Gasteiger partial charge in [0.1, 0.15) is 0 Å². The van der Waals surface area contributed by atoms with Crippen molar-refractivity contribution in [2.45, 2.75) is 0 Å². The number of amides is 1. The van der Waals surface area contributed by atoms with E-state index >= 15 is 0 Å². The van der Waals surface area contributed by atoms with Crippen molar-refractivity contribution in [3.63, 3.8) is 0 Å². The molecule has 1 amide bonds. The molecule has 0 aliphatic heterocycles. The van der Waals surface area contributed by atoms with E-state index < -0.39 is 0 Å². The predicted molar refractivity (Wildman–Crippen MR) is 88.9 cm³/mol. The average molecular weight is 290 g/mol. The second-order valence-electron chi connectivity index (χ2n) is 4.32. The Bertz CT molecular complexity index is 375. The minimum Gasteiger partial charge on any atom is -0.362 e. The third kappa shape index (κ3) is 9.60. The van der Waals surface area contributed by atoms with Gasteiger partial charge in [-0.25, -0.2) is 0 Å². The SMILES string of the molecule is C=CCOCN(CC=C)C/C=C/CN(CC=C)C(=O)C=C. The second kappa shape index (κ2) is 13.1. The molecule has 116 valence electrons. The molecule has 4 heteroatoms. The van der Waals surface area contributed by atoms with Gasteiger partial charge in [-0.2, -0.15) is 0 Å². The van der Waals surface area contributed by atoms with Crippen LogP contribution in [0.2, 0.25) is 0 Å². The summed E-state index contributed by atoms with van der Waals surface area (Å²) in [5.74, 6) is -0.100. The number of carbonyl (C=O) groups is 1. The molecule has 0 saturated heterocycles. The molecule has 0 aromatic rings. The van der Waals surface area contributed by atoms with Crippen LogP contribution in [0.25, 0.3) is 0 Å². The van der Waals surface area contributed by atoms with E-state index in [1.54, 1.807) is 17.1 Å². The fourth-order valence-corrected chi connectivity index (χ4v) is 1.59. The van der Waals surface area contributed by atoms with Crippen molar-refractivity contribution in [2.24, 2.45) is 0 Å². The second-order valence-corrected chi connectivity index (χ2v) is 4.32. The third-order valence-electron chi connectivity index (χ3n) is 2.59. The summed E-state index contributed by atoms with van der Waals surface area (Å²) in [6.45, 7) is 18.0. The summed E-state index contributed by atoms with van der Waals surface area (Å²) in [4.78, 5) is 15.3. The van der Waals surface area contributed by atoms with E-state index in [2.05, 4.69) is 31.2 Å². The maximum atomic E-state index is 11.6. The highest BCUT2D eigenvalue weighted by Gasteiger charge is 2.05. The van der Waals surface area contributed by atoms with Crippen molar-refractivity contribution in [2.75, 3.05) is 39.5 Å². The third-order valence-corrected chi connectivity index (χ3v) is 2.59. The average Bonchev–Trinajstić information content (AvgIpc) is 2.49. The van der Waals surface area contributed by atoms with Crippen LogP contribution >= 0.6 is 0 Å². The lowest BCUT2D eigenvalue weighted by Crippen LogP contribution is -2.30. The Morgan fingerprint density at radius 2 is 1.57 bits per heavy atom. The van der Waals surface area contributed by atoms with E-state index in [-0.39, 0.29) is 5.91 Å². The largest absolute Gasteiger partial charge is 0.362 e.